The van der Waals surface area contributed by atoms with Gasteiger partial charge in [-0.05, 0) is 49.2 Å². The summed E-state index contributed by atoms with van der Waals surface area (Å²) in [5.41, 5.74) is 0.898. The van der Waals surface area contributed by atoms with Crippen LogP contribution in [0.25, 0.3) is 0 Å². The zero-order chi connectivity index (χ0) is 16.8. The zero-order valence-electron chi connectivity index (χ0n) is 13.5. The number of likely N-dealkylation sites (tertiary alicyclic amines) is 1. The normalized spacial score (nSPS) is 17.5. The van der Waals surface area contributed by atoms with Crippen LogP contribution in [0.4, 0.5) is 10.1 Å². The summed E-state index contributed by atoms with van der Waals surface area (Å²) in [6, 6.07) is 16.6. The highest BCUT2D eigenvalue weighted by atomic mass is 32.2. The minimum Gasteiger partial charge on any atom is -0.381 e. The lowest BCUT2D eigenvalue weighted by Crippen LogP contribution is -2.45. The molecule has 3 nitrogen and oxygen atoms in total. The molecule has 2 aromatic rings. The lowest BCUT2D eigenvalue weighted by molar-refractivity contribution is -0.129. The molecule has 24 heavy (non-hydrogen) atoms. The number of carbonyl (C=O) groups excluding carboxylic acids is 1. The zero-order valence-corrected chi connectivity index (χ0v) is 14.3. The predicted molar refractivity (Wildman–Crippen MR) is 96.8 cm³/mol. The van der Waals surface area contributed by atoms with Gasteiger partial charge in [0.1, 0.15) is 5.82 Å². The number of rotatable bonds is 5. The molecule has 0 radical (unpaired) electrons. The number of nitrogens with zero attached hydrogens (tertiary/aromatic N) is 1. The van der Waals surface area contributed by atoms with Crippen molar-refractivity contribution in [2.45, 2.75) is 23.8 Å². The molecule has 1 saturated heterocycles. The molecule has 126 valence electrons. The Bertz CT molecular complexity index is 663. The van der Waals surface area contributed by atoms with Gasteiger partial charge in [0, 0.05) is 29.7 Å². The fourth-order valence-electron chi connectivity index (χ4n) is 2.86. The standard InChI is InChI=1S/C19H21FN2OS/c20-15-8-10-16(11-9-15)21-17-5-4-12-22(13-17)19(23)14-24-18-6-2-1-3-7-18/h1-3,6-11,17,21H,4-5,12-14H2/t17-/m1/s1. The molecule has 1 atom stereocenters. The largest absolute Gasteiger partial charge is 0.381 e. The van der Waals surface area contributed by atoms with Crippen LogP contribution >= 0.6 is 11.8 Å². The van der Waals surface area contributed by atoms with Crippen molar-refractivity contribution in [1.29, 1.82) is 0 Å². The van der Waals surface area contributed by atoms with Crippen LogP contribution in [0.5, 0.6) is 0 Å². The van der Waals surface area contributed by atoms with Gasteiger partial charge < -0.3 is 10.2 Å². The van der Waals surface area contributed by atoms with Crippen LogP contribution in [0.15, 0.2) is 59.5 Å². The third-order valence-corrected chi connectivity index (χ3v) is 5.09. The maximum atomic E-state index is 13.0. The number of halogens is 1. The summed E-state index contributed by atoms with van der Waals surface area (Å²) in [4.78, 5) is 15.5. The third-order valence-electron chi connectivity index (χ3n) is 4.09. The number of thioether (sulfide) groups is 1. The molecule has 0 unspecified atom stereocenters. The molecule has 1 heterocycles. The maximum absolute atomic E-state index is 13.0. The summed E-state index contributed by atoms with van der Waals surface area (Å²) in [7, 11) is 0. The Labute approximate surface area is 146 Å². The molecule has 0 bridgehead atoms. The Kier molecular flexibility index (Phi) is 5.75. The first kappa shape index (κ1) is 16.8. The van der Waals surface area contributed by atoms with Crippen LogP contribution in [0.3, 0.4) is 0 Å². The molecule has 1 fully saturated rings. The van der Waals surface area contributed by atoms with Crippen molar-refractivity contribution in [3.05, 3.63) is 60.4 Å². The number of carbonyl (C=O) groups is 1. The minimum atomic E-state index is -0.237. The Morgan fingerprint density at radius 3 is 2.67 bits per heavy atom. The van der Waals surface area contributed by atoms with Gasteiger partial charge in [0.05, 0.1) is 5.75 Å². The van der Waals surface area contributed by atoms with Crippen molar-refractivity contribution in [1.82, 2.24) is 4.90 Å². The monoisotopic (exact) mass is 344 g/mol. The van der Waals surface area contributed by atoms with Crippen LogP contribution in [0, 0.1) is 5.82 Å². The van der Waals surface area contributed by atoms with E-state index in [-0.39, 0.29) is 17.8 Å². The fraction of sp³-hybridized carbons (Fsp3) is 0.316. The highest BCUT2D eigenvalue weighted by Crippen LogP contribution is 2.20. The average molecular weight is 344 g/mol. The second-order valence-corrected chi connectivity index (χ2v) is 6.98. The minimum absolute atomic E-state index is 0.175. The second-order valence-electron chi connectivity index (χ2n) is 5.93. The molecule has 0 spiro atoms. The third kappa shape index (κ3) is 4.74. The molecule has 1 aliphatic rings. The molecule has 0 aromatic heterocycles. The summed E-state index contributed by atoms with van der Waals surface area (Å²) < 4.78 is 13.0. The summed E-state index contributed by atoms with van der Waals surface area (Å²) in [5, 5.41) is 3.40. The average Bonchev–Trinajstić information content (AvgIpc) is 2.63. The van der Waals surface area contributed by atoms with Gasteiger partial charge in [-0.15, -0.1) is 11.8 Å². The molecule has 0 saturated carbocycles. The van der Waals surface area contributed by atoms with Crippen molar-refractivity contribution in [3.8, 4) is 0 Å². The second kappa shape index (κ2) is 8.20. The quantitative estimate of drug-likeness (QED) is 0.832. The van der Waals surface area contributed by atoms with E-state index in [1.165, 1.54) is 12.1 Å². The molecule has 1 aliphatic heterocycles. The van der Waals surface area contributed by atoms with Crippen LogP contribution in [-0.2, 0) is 4.79 Å². The number of hydrogen-bond donors (Lipinski definition) is 1. The van der Waals surface area contributed by atoms with Crippen LogP contribution < -0.4 is 5.32 Å². The molecular formula is C19H21FN2OS. The van der Waals surface area contributed by atoms with Gasteiger partial charge in [0.25, 0.3) is 0 Å². The topological polar surface area (TPSA) is 32.3 Å². The smallest absolute Gasteiger partial charge is 0.233 e. The van der Waals surface area contributed by atoms with Gasteiger partial charge in [-0.25, -0.2) is 4.39 Å². The van der Waals surface area contributed by atoms with Gasteiger partial charge in [-0.3, -0.25) is 4.79 Å². The highest BCUT2D eigenvalue weighted by molar-refractivity contribution is 8.00. The molecule has 0 aliphatic carbocycles. The number of piperidine rings is 1. The van der Waals surface area contributed by atoms with E-state index in [0.717, 1.165) is 30.0 Å². The van der Waals surface area contributed by atoms with Gasteiger partial charge in [-0.1, -0.05) is 18.2 Å². The highest BCUT2D eigenvalue weighted by Gasteiger charge is 2.23. The maximum Gasteiger partial charge on any atom is 0.233 e. The van der Waals surface area contributed by atoms with E-state index in [9.17, 15) is 9.18 Å². The molecule has 5 heteroatoms. The van der Waals surface area contributed by atoms with E-state index >= 15 is 0 Å². The van der Waals surface area contributed by atoms with E-state index < -0.39 is 0 Å². The lowest BCUT2D eigenvalue weighted by Gasteiger charge is -2.33. The Morgan fingerprint density at radius 1 is 1.17 bits per heavy atom. The number of benzene rings is 2. The van der Waals surface area contributed by atoms with E-state index in [4.69, 9.17) is 0 Å². The van der Waals surface area contributed by atoms with Gasteiger partial charge in [0.15, 0.2) is 0 Å². The molecule has 3 rings (SSSR count). The van der Waals surface area contributed by atoms with Crippen LogP contribution in [0.2, 0.25) is 0 Å². The van der Waals surface area contributed by atoms with Crippen LogP contribution in [-0.4, -0.2) is 35.7 Å². The van der Waals surface area contributed by atoms with Gasteiger partial charge in [-0.2, -0.15) is 0 Å². The molecule has 1 N–H and O–H groups in total. The Morgan fingerprint density at radius 2 is 1.92 bits per heavy atom. The predicted octanol–water partition coefficient (Wildman–Crippen LogP) is 4.02. The van der Waals surface area contributed by atoms with E-state index in [1.807, 2.05) is 35.2 Å². The van der Waals surface area contributed by atoms with E-state index in [1.54, 1.807) is 23.9 Å². The van der Waals surface area contributed by atoms with E-state index in [2.05, 4.69) is 5.32 Å². The van der Waals surface area contributed by atoms with Crippen molar-refractivity contribution in [2.24, 2.45) is 0 Å². The van der Waals surface area contributed by atoms with E-state index in [0.29, 0.717) is 12.3 Å². The Hall–Kier alpha value is -2.01. The number of hydrogen-bond acceptors (Lipinski definition) is 3. The van der Waals surface area contributed by atoms with Crippen molar-refractivity contribution in [3.63, 3.8) is 0 Å². The SMILES string of the molecule is O=C(CSc1ccccc1)N1CCC[C@@H](Nc2ccc(F)cc2)C1. The van der Waals surface area contributed by atoms with Crippen molar-refractivity contribution >= 4 is 23.4 Å². The molecule has 2 aromatic carbocycles. The first-order valence-electron chi connectivity index (χ1n) is 8.18. The summed E-state index contributed by atoms with van der Waals surface area (Å²) >= 11 is 1.58. The lowest BCUT2D eigenvalue weighted by atomic mass is 10.1. The summed E-state index contributed by atoms with van der Waals surface area (Å²) in [5.74, 6) is 0.404. The molecular weight excluding hydrogens is 323 g/mol. The summed E-state index contributed by atoms with van der Waals surface area (Å²) in [6.45, 7) is 1.52. The summed E-state index contributed by atoms with van der Waals surface area (Å²) in [6.07, 6.45) is 2.01. The first-order valence-corrected chi connectivity index (χ1v) is 9.17. The first-order chi connectivity index (χ1) is 11.7. The number of nitrogens with one attached hydrogen (secondary N) is 1. The molecule has 1 amide bonds. The van der Waals surface area contributed by atoms with Crippen LogP contribution in [0.1, 0.15) is 12.8 Å². The fourth-order valence-corrected chi connectivity index (χ4v) is 3.68. The Balaban J connectivity index is 1.51. The van der Waals surface area contributed by atoms with Crippen molar-refractivity contribution in [2.75, 3.05) is 24.2 Å². The number of amides is 1. The number of anilines is 1. The van der Waals surface area contributed by atoms with Gasteiger partial charge >= 0.3 is 0 Å². The van der Waals surface area contributed by atoms with Gasteiger partial charge in [0.2, 0.25) is 5.91 Å². The van der Waals surface area contributed by atoms with Crippen molar-refractivity contribution < 1.29 is 9.18 Å².